The van der Waals surface area contributed by atoms with Crippen molar-refractivity contribution >= 4 is 29.4 Å². The Hall–Kier alpha value is -2.97. The fraction of sp³-hybridized carbons (Fsp3) is 0.474. The van der Waals surface area contributed by atoms with Gasteiger partial charge in [-0.25, -0.2) is 4.39 Å². The van der Waals surface area contributed by atoms with Crippen molar-refractivity contribution in [3.05, 3.63) is 30.1 Å². The molecule has 1 aliphatic rings. The van der Waals surface area contributed by atoms with Crippen LogP contribution in [0.1, 0.15) is 27.2 Å². The minimum absolute atomic E-state index is 0.0266. The first-order valence-electron chi connectivity index (χ1n) is 8.99. The number of hydrogen-bond acceptors (Lipinski definition) is 4. The van der Waals surface area contributed by atoms with E-state index in [0.717, 1.165) is 0 Å². The third-order valence-electron chi connectivity index (χ3n) is 4.61. The molecule has 0 saturated carbocycles. The van der Waals surface area contributed by atoms with E-state index in [4.69, 9.17) is 5.11 Å². The molecule has 1 aromatic rings. The molecule has 1 aliphatic heterocycles. The van der Waals surface area contributed by atoms with Gasteiger partial charge in [-0.2, -0.15) is 0 Å². The van der Waals surface area contributed by atoms with Crippen LogP contribution in [0.25, 0.3) is 0 Å². The Balaban J connectivity index is 2.03. The number of halogens is 1. The Morgan fingerprint density at radius 1 is 1.14 bits per heavy atom. The minimum Gasteiger partial charge on any atom is -0.480 e. The zero-order valence-corrected chi connectivity index (χ0v) is 15.9. The average Bonchev–Trinajstić information content (AvgIpc) is 3.01. The molecule has 1 heterocycles. The molecule has 8 nitrogen and oxygen atoms in total. The van der Waals surface area contributed by atoms with Gasteiger partial charge in [-0.3, -0.25) is 19.2 Å². The number of amides is 3. The highest BCUT2D eigenvalue weighted by Gasteiger charge is 2.37. The lowest BCUT2D eigenvalue weighted by atomic mass is 10.0. The first-order chi connectivity index (χ1) is 13.1. The number of aliphatic carboxylic acids is 1. The van der Waals surface area contributed by atoms with Crippen molar-refractivity contribution in [3.8, 4) is 0 Å². The topological polar surface area (TPSA) is 116 Å². The summed E-state index contributed by atoms with van der Waals surface area (Å²) >= 11 is 0. The second-order valence-electron chi connectivity index (χ2n) is 7.18. The Morgan fingerprint density at radius 2 is 1.75 bits per heavy atom. The van der Waals surface area contributed by atoms with E-state index in [2.05, 4.69) is 10.6 Å². The molecule has 3 unspecified atom stereocenters. The highest BCUT2D eigenvalue weighted by Crippen LogP contribution is 2.25. The lowest BCUT2D eigenvalue weighted by Gasteiger charge is -2.24. The van der Waals surface area contributed by atoms with Crippen molar-refractivity contribution in [2.24, 2.45) is 11.8 Å². The third kappa shape index (κ3) is 5.05. The predicted octanol–water partition coefficient (Wildman–Crippen LogP) is 0.909. The number of benzene rings is 1. The lowest BCUT2D eigenvalue weighted by Crippen LogP contribution is -2.54. The third-order valence-corrected chi connectivity index (χ3v) is 4.61. The molecule has 28 heavy (non-hydrogen) atoms. The molecular weight excluding hydrogens is 369 g/mol. The summed E-state index contributed by atoms with van der Waals surface area (Å²) in [6.45, 7) is 4.89. The molecule has 0 spiro atoms. The number of carbonyl (C=O) groups excluding carboxylic acids is 3. The first kappa shape index (κ1) is 21.3. The second-order valence-corrected chi connectivity index (χ2v) is 7.18. The molecule has 2 rings (SSSR count). The van der Waals surface area contributed by atoms with Crippen molar-refractivity contribution in [1.82, 2.24) is 10.6 Å². The van der Waals surface area contributed by atoms with Gasteiger partial charge in [0.25, 0.3) is 0 Å². The van der Waals surface area contributed by atoms with Crippen LogP contribution in [0.15, 0.2) is 24.3 Å². The molecular formula is C19H24FN3O5. The van der Waals surface area contributed by atoms with Crippen molar-refractivity contribution in [1.29, 1.82) is 0 Å². The van der Waals surface area contributed by atoms with Crippen LogP contribution in [0.5, 0.6) is 0 Å². The van der Waals surface area contributed by atoms with Crippen LogP contribution in [0.3, 0.4) is 0 Å². The number of nitrogens with zero attached hydrogens (tertiary/aromatic N) is 1. The molecule has 3 amide bonds. The SMILES string of the molecule is CC(NC(=O)C(NC(=O)C1CC(=O)N(c2ccc(F)cc2)C1)C(C)C)C(=O)O. The molecule has 1 fully saturated rings. The predicted molar refractivity (Wildman–Crippen MR) is 98.9 cm³/mol. The van der Waals surface area contributed by atoms with E-state index in [1.807, 2.05) is 0 Å². The maximum absolute atomic E-state index is 13.1. The highest BCUT2D eigenvalue weighted by molar-refractivity contribution is 6.01. The number of nitrogens with one attached hydrogen (secondary N) is 2. The maximum Gasteiger partial charge on any atom is 0.325 e. The van der Waals surface area contributed by atoms with E-state index in [0.29, 0.717) is 5.69 Å². The van der Waals surface area contributed by atoms with Crippen LogP contribution in [0.2, 0.25) is 0 Å². The number of hydrogen-bond donors (Lipinski definition) is 3. The molecule has 1 saturated heterocycles. The van der Waals surface area contributed by atoms with Gasteiger partial charge >= 0.3 is 5.97 Å². The summed E-state index contributed by atoms with van der Waals surface area (Å²) in [5, 5.41) is 13.9. The number of anilines is 1. The number of carbonyl (C=O) groups is 4. The number of carboxylic acids is 1. The monoisotopic (exact) mass is 393 g/mol. The van der Waals surface area contributed by atoms with E-state index >= 15 is 0 Å². The van der Waals surface area contributed by atoms with Crippen molar-refractivity contribution in [3.63, 3.8) is 0 Å². The van der Waals surface area contributed by atoms with Gasteiger partial charge in [-0.15, -0.1) is 0 Å². The second kappa shape index (κ2) is 8.81. The van der Waals surface area contributed by atoms with Gasteiger partial charge < -0.3 is 20.6 Å². The number of rotatable bonds is 7. The fourth-order valence-electron chi connectivity index (χ4n) is 2.92. The zero-order valence-electron chi connectivity index (χ0n) is 15.9. The van der Waals surface area contributed by atoms with E-state index in [9.17, 15) is 23.6 Å². The number of carboxylic acid groups (broad SMARTS) is 1. The lowest BCUT2D eigenvalue weighted by molar-refractivity contribution is -0.142. The smallest absolute Gasteiger partial charge is 0.325 e. The van der Waals surface area contributed by atoms with Gasteiger partial charge in [0, 0.05) is 18.7 Å². The Morgan fingerprint density at radius 3 is 2.29 bits per heavy atom. The Bertz CT molecular complexity index is 765. The molecule has 9 heteroatoms. The fourth-order valence-corrected chi connectivity index (χ4v) is 2.92. The molecule has 152 valence electrons. The molecule has 0 aliphatic carbocycles. The van der Waals surface area contributed by atoms with Gasteiger partial charge in [0.05, 0.1) is 5.92 Å². The van der Waals surface area contributed by atoms with Crippen LogP contribution in [-0.4, -0.2) is 47.4 Å². The van der Waals surface area contributed by atoms with Crippen LogP contribution in [0.4, 0.5) is 10.1 Å². The molecule has 0 radical (unpaired) electrons. The van der Waals surface area contributed by atoms with Gasteiger partial charge in [0.1, 0.15) is 17.9 Å². The molecule has 0 aromatic heterocycles. The standard InChI is InChI=1S/C19H24FN3O5/c1-10(2)16(18(26)21-11(3)19(27)28)22-17(25)12-8-15(24)23(9-12)14-6-4-13(20)5-7-14/h4-7,10-12,16H,8-9H2,1-3H3,(H,21,26)(H,22,25)(H,27,28). The van der Waals surface area contributed by atoms with Crippen LogP contribution in [0, 0.1) is 17.7 Å². The summed E-state index contributed by atoms with van der Waals surface area (Å²) in [6.07, 6.45) is -0.0266. The van der Waals surface area contributed by atoms with E-state index in [1.54, 1.807) is 13.8 Å². The van der Waals surface area contributed by atoms with Crippen LogP contribution in [-0.2, 0) is 19.2 Å². The largest absolute Gasteiger partial charge is 0.480 e. The maximum atomic E-state index is 13.1. The molecule has 0 bridgehead atoms. The Labute approximate surface area is 162 Å². The van der Waals surface area contributed by atoms with Gasteiger partial charge in [0.15, 0.2) is 0 Å². The van der Waals surface area contributed by atoms with E-state index in [1.165, 1.54) is 36.1 Å². The summed E-state index contributed by atoms with van der Waals surface area (Å²) in [6, 6.07) is 3.38. The van der Waals surface area contributed by atoms with Crippen molar-refractivity contribution in [2.75, 3.05) is 11.4 Å². The quantitative estimate of drug-likeness (QED) is 0.637. The normalized spacial score (nSPS) is 18.7. The van der Waals surface area contributed by atoms with Gasteiger partial charge in [0.2, 0.25) is 17.7 Å². The summed E-state index contributed by atoms with van der Waals surface area (Å²) in [5.41, 5.74) is 0.495. The van der Waals surface area contributed by atoms with Gasteiger partial charge in [-0.1, -0.05) is 13.8 Å². The first-order valence-corrected chi connectivity index (χ1v) is 8.99. The van der Waals surface area contributed by atoms with Gasteiger partial charge in [-0.05, 0) is 37.1 Å². The summed E-state index contributed by atoms with van der Waals surface area (Å²) < 4.78 is 13.1. The molecule has 3 atom stereocenters. The highest BCUT2D eigenvalue weighted by atomic mass is 19.1. The van der Waals surface area contributed by atoms with Crippen LogP contribution >= 0.6 is 0 Å². The van der Waals surface area contributed by atoms with Crippen LogP contribution < -0.4 is 15.5 Å². The molecule has 3 N–H and O–H groups in total. The molecule has 1 aromatic carbocycles. The zero-order chi connectivity index (χ0) is 21.0. The van der Waals surface area contributed by atoms with Crippen molar-refractivity contribution in [2.45, 2.75) is 39.3 Å². The van der Waals surface area contributed by atoms with E-state index < -0.39 is 41.6 Å². The summed E-state index contributed by atoms with van der Waals surface area (Å²) in [5.74, 6) is -3.88. The summed E-state index contributed by atoms with van der Waals surface area (Å²) in [4.78, 5) is 49.5. The average molecular weight is 393 g/mol. The van der Waals surface area contributed by atoms with E-state index in [-0.39, 0.29) is 24.8 Å². The Kier molecular flexibility index (Phi) is 6.71. The van der Waals surface area contributed by atoms with Crippen molar-refractivity contribution < 1.29 is 28.7 Å². The minimum atomic E-state index is -1.18. The summed E-state index contributed by atoms with van der Waals surface area (Å²) in [7, 11) is 0.